The molecule has 5 heteroatoms. The summed E-state index contributed by atoms with van der Waals surface area (Å²) in [6.07, 6.45) is 7.87. The molecule has 5 nitrogen and oxygen atoms in total. The number of hydrogen-bond donors (Lipinski definition) is 1. The van der Waals surface area contributed by atoms with Crippen LogP contribution in [0.4, 0.5) is 5.69 Å². The molecule has 134 valence electrons. The molecule has 25 heavy (non-hydrogen) atoms. The van der Waals surface area contributed by atoms with Gasteiger partial charge in [0.2, 0.25) is 0 Å². The minimum atomic E-state index is 0.446. The van der Waals surface area contributed by atoms with E-state index in [9.17, 15) is 0 Å². The average molecular weight is 340 g/mol. The van der Waals surface area contributed by atoms with E-state index in [1.807, 2.05) is 10.9 Å². The third kappa shape index (κ3) is 4.03. The molecule has 1 aromatic carbocycles. The monoisotopic (exact) mass is 340 g/mol. The average Bonchev–Trinajstić information content (AvgIpc) is 3.11. The van der Waals surface area contributed by atoms with Crippen LogP contribution in [0.3, 0.4) is 0 Å². The molecule has 0 radical (unpaired) electrons. The van der Waals surface area contributed by atoms with Crippen LogP contribution in [0.15, 0.2) is 35.7 Å². The standard InChI is InChI=1S/C20H28N4O/c1-4-23-14-20(12-21-23)24(19-9-7-18(22-25)8-10-19)13-17-6-5-15(2)16(3)11-17/h5-6,11-12,14,19,25H,4,7-10,13H2,1-3H3. The van der Waals surface area contributed by atoms with Gasteiger partial charge in [0, 0.05) is 25.3 Å². The van der Waals surface area contributed by atoms with E-state index in [2.05, 4.69) is 60.3 Å². The van der Waals surface area contributed by atoms with Crippen molar-refractivity contribution in [2.24, 2.45) is 5.16 Å². The van der Waals surface area contributed by atoms with Crippen molar-refractivity contribution >= 4 is 11.4 Å². The van der Waals surface area contributed by atoms with Gasteiger partial charge in [0.25, 0.3) is 0 Å². The quantitative estimate of drug-likeness (QED) is 0.652. The molecule has 1 aliphatic rings. The fraction of sp³-hybridized carbons (Fsp3) is 0.500. The second kappa shape index (κ2) is 7.72. The highest BCUT2D eigenvalue weighted by molar-refractivity contribution is 5.84. The summed E-state index contributed by atoms with van der Waals surface area (Å²) >= 11 is 0. The molecule has 1 saturated carbocycles. The first-order chi connectivity index (χ1) is 12.1. The lowest BCUT2D eigenvalue weighted by Crippen LogP contribution is -2.37. The zero-order chi connectivity index (χ0) is 17.8. The fourth-order valence-corrected chi connectivity index (χ4v) is 3.55. The van der Waals surface area contributed by atoms with Crippen LogP contribution in [0.2, 0.25) is 0 Å². The molecule has 0 saturated heterocycles. The molecule has 1 N–H and O–H groups in total. The zero-order valence-electron chi connectivity index (χ0n) is 15.4. The molecule has 0 atom stereocenters. The van der Waals surface area contributed by atoms with E-state index in [0.717, 1.165) is 44.5 Å². The molecule has 1 aliphatic carbocycles. The van der Waals surface area contributed by atoms with Gasteiger partial charge in [0.1, 0.15) is 0 Å². The van der Waals surface area contributed by atoms with Crippen molar-refractivity contribution in [2.45, 2.75) is 65.6 Å². The molecular formula is C20H28N4O. The van der Waals surface area contributed by atoms with Crippen LogP contribution < -0.4 is 4.90 Å². The normalized spacial score (nSPS) is 17.6. The van der Waals surface area contributed by atoms with Crippen LogP contribution in [0, 0.1) is 13.8 Å². The summed E-state index contributed by atoms with van der Waals surface area (Å²) in [7, 11) is 0. The van der Waals surface area contributed by atoms with Gasteiger partial charge in [-0.25, -0.2) is 0 Å². The van der Waals surface area contributed by atoms with Crippen LogP contribution in [0.5, 0.6) is 0 Å². The van der Waals surface area contributed by atoms with Crippen molar-refractivity contribution in [2.75, 3.05) is 4.90 Å². The van der Waals surface area contributed by atoms with Crippen LogP contribution in [-0.2, 0) is 13.1 Å². The molecule has 1 fully saturated rings. The fourth-order valence-electron chi connectivity index (χ4n) is 3.55. The number of rotatable bonds is 5. The largest absolute Gasteiger partial charge is 0.411 e. The number of aryl methyl sites for hydroxylation is 3. The van der Waals surface area contributed by atoms with Crippen molar-refractivity contribution in [1.82, 2.24) is 9.78 Å². The summed E-state index contributed by atoms with van der Waals surface area (Å²) in [5, 5.41) is 16.9. The van der Waals surface area contributed by atoms with Crippen LogP contribution in [0.25, 0.3) is 0 Å². The van der Waals surface area contributed by atoms with Gasteiger partial charge in [-0.15, -0.1) is 0 Å². The Morgan fingerprint density at radius 3 is 2.60 bits per heavy atom. The van der Waals surface area contributed by atoms with Gasteiger partial charge in [0.05, 0.1) is 17.6 Å². The van der Waals surface area contributed by atoms with Gasteiger partial charge >= 0.3 is 0 Å². The minimum absolute atomic E-state index is 0.446. The third-order valence-electron chi connectivity index (χ3n) is 5.31. The van der Waals surface area contributed by atoms with Crippen LogP contribution in [0.1, 0.15) is 49.3 Å². The first-order valence-electron chi connectivity index (χ1n) is 9.15. The summed E-state index contributed by atoms with van der Waals surface area (Å²) in [5.41, 5.74) is 6.09. The van der Waals surface area contributed by atoms with E-state index >= 15 is 0 Å². The number of hydrogen-bond acceptors (Lipinski definition) is 4. The van der Waals surface area contributed by atoms with Crippen LogP contribution in [-0.4, -0.2) is 26.7 Å². The summed E-state index contributed by atoms with van der Waals surface area (Å²) in [5.74, 6) is 0. The summed E-state index contributed by atoms with van der Waals surface area (Å²) < 4.78 is 1.98. The predicted octanol–water partition coefficient (Wildman–Crippen LogP) is 4.30. The van der Waals surface area contributed by atoms with E-state index in [1.54, 1.807) is 0 Å². The number of benzene rings is 1. The Balaban J connectivity index is 1.84. The molecule has 3 rings (SSSR count). The molecule has 0 spiro atoms. The first-order valence-corrected chi connectivity index (χ1v) is 9.15. The maximum absolute atomic E-state index is 9.02. The lowest BCUT2D eigenvalue weighted by atomic mass is 9.92. The summed E-state index contributed by atoms with van der Waals surface area (Å²) in [4.78, 5) is 2.47. The zero-order valence-corrected chi connectivity index (χ0v) is 15.4. The lowest BCUT2D eigenvalue weighted by molar-refractivity contribution is 0.313. The summed E-state index contributed by atoms with van der Waals surface area (Å²) in [6.45, 7) is 8.19. The smallest absolute Gasteiger partial charge is 0.0758 e. The highest BCUT2D eigenvalue weighted by atomic mass is 16.4. The molecule has 0 unspecified atom stereocenters. The molecule has 0 bridgehead atoms. The van der Waals surface area contributed by atoms with Gasteiger partial charge in [-0.05, 0) is 63.1 Å². The van der Waals surface area contributed by atoms with E-state index in [4.69, 9.17) is 5.21 Å². The van der Waals surface area contributed by atoms with Gasteiger partial charge in [0.15, 0.2) is 0 Å². The van der Waals surface area contributed by atoms with Crippen LogP contribution >= 0.6 is 0 Å². The minimum Gasteiger partial charge on any atom is -0.411 e. The lowest BCUT2D eigenvalue weighted by Gasteiger charge is -2.35. The molecule has 1 aromatic heterocycles. The maximum Gasteiger partial charge on any atom is 0.0758 e. The van der Waals surface area contributed by atoms with Crippen molar-refractivity contribution in [3.63, 3.8) is 0 Å². The van der Waals surface area contributed by atoms with Crippen molar-refractivity contribution in [3.05, 3.63) is 47.3 Å². The maximum atomic E-state index is 9.02. The highest BCUT2D eigenvalue weighted by Crippen LogP contribution is 2.28. The predicted molar refractivity (Wildman–Crippen MR) is 101 cm³/mol. The van der Waals surface area contributed by atoms with Gasteiger partial charge in [-0.3, -0.25) is 4.68 Å². The van der Waals surface area contributed by atoms with Crippen molar-refractivity contribution < 1.29 is 5.21 Å². The molecule has 2 aromatic rings. The summed E-state index contributed by atoms with van der Waals surface area (Å²) in [6, 6.07) is 7.16. The number of oxime groups is 1. The topological polar surface area (TPSA) is 53.7 Å². The molecule has 1 heterocycles. The van der Waals surface area contributed by atoms with E-state index in [0.29, 0.717) is 6.04 Å². The molecule has 0 aliphatic heterocycles. The Labute approximate surface area is 150 Å². The van der Waals surface area contributed by atoms with Crippen molar-refractivity contribution in [3.8, 4) is 0 Å². The van der Waals surface area contributed by atoms with Gasteiger partial charge in [-0.1, -0.05) is 23.4 Å². The molecular weight excluding hydrogens is 312 g/mol. The van der Waals surface area contributed by atoms with Gasteiger partial charge in [-0.2, -0.15) is 5.10 Å². The van der Waals surface area contributed by atoms with E-state index < -0.39 is 0 Å². The second-order valence-corrected chi connectivity index (χ2v) is 7.00. The van der Waals surface area contributed by atoms with E-state index in [1.165, 1.54) is 22.4 Å². The Kier molecular flexibility index (Phi) is 5.41. The van der Waals surface area contributed by atoms with Gasteiger partial charge < -0.3 is 10.1 Å². The molecule has 0 amide bonds. The Bertz CT molecular complexity index is 740. The first kappa shape index (κ1) is 17.5. The van der Waals surface area contributed by atoms with Crippen molar-refractivity contribution in [1.29, 1.82) is 0 Å². The SMILES string of the molecule is CCn1cc(N(Cc2ccc(C)c(C)c2)C2CCC(=NO)CC2)cn1. The Morgan fingerprint density at radius 1 is 1.24 bits per heavy atom. The Morgan fingerprint density at radius 2 is 2.00 bits per heavy atom. The third-order valence-corrected chi connectivity index (χ3v) is 5.31. The second-order valence-electron chi connectivity index (χ2n) is 7.00. The Hall–Kier alpha value is -2.30. The van der Waals surface area contributed by atoms with E-state index in [-0.39, 0.29) is 0 Å². The highest BCUT2D eigenvalue weighted by Gasteiger charge is 2.25. The number of nitrogens with zero attached hydrogens (tertiary/aromatic N) is 4. The number of anilines is 1. The number of aromatic nitrogens is 2.